The number of nitrogens with zero attached hydrogens (tertiary/aromatic N) is 2. The van der Waals surface area contributed by atoms with Gasteiger partial charge in [-0.2, -0.15) is 5.26 Å². The number of hydrogen-bond acceptors (Lipinski definition) is 2. The predicted octanol–water partition coefficient (Wildman–Crippen LogP) is 3.21. The van der Waals surface area contributed by atoms with Crippen LogP contribution in [0, 0.1) is 22.7 Å². The zero-order valence-corrected chi connectivity index (χ0v) is 11.9. The number of nitriles is 1. The van der Waals surface area contributed by atoms with E-state index >= 15 is 0 Å². The Hall–Kier alpha value is -1.04. The van der Waals surface area contributed by atoms with Crippen molar-refractivity contribution in [2.75, 3.05) is 13.1 Å². The van der Waals surface area contributed by atoms with Crippen molar-refractivity contribution in [3.8, 4) is 6.07 Å². The summed E-state index contributed by atoms with van der Waals surface area (Å²) in [6.45, 7) is 11.5. The second kappa shape index (κ2) is 7.32. The monoisotopic (exact) mass is 238 g/mol. The lowest BCUT2D eigenvalue weighted by Gasteiger charge is -2.32. The van der Waals surface area contributed by atoms with Crippen molar-refractivity contribution in [2.24, 2.45) is 11.3 Å². The molecule has 1 amide bonds. The van der Waals surface area contributed by atoms with Gasteiger partial charge < -0.3 is 4.90 Å². The fourth-order valence-electron chi connectivity index (χ4n) is 1.92. The van der Waals surface area contributed by atoms with Crippen LogP contribution in [0.3, 0.4) is 0 Å². The lowest BCUT2D eigenvalue weighted by atomic mass is 9.82. The molecular weight excluding hydrogens is 212 g/mol. The molecule has 0 bridgehead atoms. The maximum atomic E-state index is 12.4. The molecule has 17 heavy (non-hydrogen) atoms. The average molecular weight is 238 g/mol. The smallest absolute Gasteiger partial charge is 0.243 e. The van der Waals surface area contributed by atoms with Gasteiger partial charge in [0.2, 0.25) is 5.91 Å². The van der Waals surface area contributed by atoms with Gasteiger partial charge in [-0.15, -0.1) is 0 Å². The molecule has 0 aliphatic carbocycles. The van der Waals surface area contributed by atoms with Crippen LogP contribution in [-0.4, -0.2) is 23.9 Å². The zero-order valence-electron chi connectivity index (χ0n) is 11.9. The minimum Gasteiger partial charge on any atom is -0.341 e. The molecule has 0 aliphatic rings. The Bertz CT molecular complexity index is 276. The van der Waals surface area contributed by atoms with E-state index in [9.17, 15) is 10.1 Å². The molecule has 0 saturated carbocycles. The Morgan fingerprint density at radius 3 is 2.12 bits per heavy atom. The first-order valence-corrected chi connectivity index (χ1v) is 6.71. The van der Waals surface area contributed by atoms with Gasteiger partial charge in [-0.25, -0.2) is 0 Å². The van der Waals surface area contributed by atoms with E-state index < -0.39 is 5.41 Å². The summed E-state index contributed by atoms with van der Waals surface area (Å²) >= 11 is 0. The Morgan fingerprint density at radius 1 is 1.29 bits per heavy atom. The van der Waals surface area contributed by atoms with Crippen molar-refractivity contribution >= 4 is 5.91 Å². The van der Waals surface area contributed by atoms with E-state index in [0.717, 1.165) is 13.0 Å². The lowest BCUT2D eigenvalue weighted by Crippen LogP contribution is -2.44. The molecule has 3 heteroatoms. The number of carbonyl (C=O) groups is 1. The largest absolute Gasteiger partial charge is 0.341 e. The maximum absolute atomic E-state index is 12.4. The highest BCUT2D eigenvalue weighted by Crippen LogP contribution is 2.28. The first-order chi connectivity index (χ1) is 8.01. The standard InChI is InChI=1S/C14H26N2O/c1-6-12(5)10-16(9-4)13(17)14(7-2,8-3)11-15/h12H,6-10H2,1-5H3. The molecule has 0 spiro atoms. The number of carbonyl (C=O) groups excluding carboxylic acids is 1. The van der Waals surface area contributed by atoms with Crippen LogP contribution in [0.5, 0.6) is 0 Å². The third kappa shape index (κ3) is 3.73. The molecule has 0 aromatic rings. The molecule has 1 unspecified atom stereocenters. The van der Waals surface area contributed by atoms with Crippen molar-refractivity contribution < 1.29 is 4.79 Å². The second-order valence-corrected chi connectivity index (χ2v) is 4.76. The van der Waals surface area contributed by atoms with Gasteiger partial charge in [-0.3, -0.25) is 4.79 Å². The Balaban J connectivity index is 4.90. The van der Waals surface area contributed by atoms with Crippen LogP contribution in [-0.2, 0) is 4.79 Å². The fourth-order valence-corrected chi connectivity index (χ4v) is 1.92. The highest BCUT2D eigenvalue weighted by molar-refractivity contribution is 5.85. The SMILES string of the molecule is CCC(C)CN(CC)C(=O)C(C#N)(CC)CC. The molecular formula is C14H26N2O. The molecule has 3 nitrogen and oxygen atoms in total. The normalized spacial score (nSPS) is 12.9. The molecule has 0 aliphatic heterocycles. The van der Waals surface area contributed by atoms with Crippen LogP contribution >= 0.6 is 0 Å². The molecule has 0 heterocycles. The minimum atomic E-state index is -0.816. The molecule has 1 atom stereocenters. The van der Waals surface area contributed by atoms with Crippen molar-refractivity contribution in [3.05, 3.63) is 0 Å². The summed E-state index contributed by atoms with van der Waals surface area (Å²) in [6, 6.07) is 2.23. The molecule has 0 N–H and O–H groups in total. The van der Waals surface area contributed by atoms with Gasteiger partial charge in [0.1, 0.15) is 5.41 Å². The third-order valence-corrected chi connectivity index (χ3v) is 3.73. The average Bonchev–Trinajstić information content (AvgIpc) is 2.38. The zero-order chi connectivity index (χ0) is 13.5. The topological polar surface area (TPSA) is 44.1 Å². The molecule has 0 radical (unpaired) electrons. The third-order valence-electron chi connectivity index (χ3n) is 3.73. The van der Waals surface area contributed by atoms with Gasteiger partial charge >= 0.3 is 0 Å². The van der Waals surface area contributed by atoms with E-state index in [1.807, 2.05) is 25.7 Å². The molecule has 0 rings (SSSR count). The van der Waals surface area contributed by atoms with Gasteiger partial charge in [0.05, 0.1) is 6.07 Å². The molecule has 98 valence electrons. The maximum Gasteiger partial charge on any atom is 0.243 e. The minimum absolute atomic E-state index is 0.00722. The first kappa shape index (κ1) is 16.0. The summed E-state index contributed by atoms with van der Waals surface area (Å²) in [5.74, 6) is 0.497. The van der Waals surface area contributed by atoms with Gasteiger partial charge in [-0.05, 0) is 25.7 Å². The quantitative estimate of drug-likeness (QED) is 0.683. The second-order valence-electron chi connectivity index (χ2n) is 4.76. The molecule has 0 saturated heterocycles. The van der Waals surface area contributed by atoms with Crippen LogP contribution in [0.1, 0.15) is 53.9 Å². The Kier molecular flexibility index (Phi) is 6.87. The van der Waals surface area contributed by atoms with Crippen LogP contribution < -0.4 is 0 Å². The summed E-state index contributed by atoms with van der Waals surface area (Å²) < 4.78 is 0. The van der Waals surface area contributed by atoms with Crippen molar-refractivity contribution in [2.45, 2.75) is 53.9 Å². The van der Waals surface area contributed by atoms with Gasteiger partial charge in [0.25, 0.3) is 0 Å². The number of rotatable bonds is 7. The first-order valence-electron chi connectivity index (χ1n) is 6.71. The van der Waals surface area contributed by atoms with E-state index in [1.165, 1.54) is 0 Å². The van der Waals surface area contributed by atoms with E-state index in [4.69, 9.17) is 0 Å². The molecule has 0 aromatic carbocycles. The van der Waals surface area contributed by atoms with Crippen LogP contribution in [0.15, 0.2) is 0 Å². The highest BCUT2D eigenvalue weighted by Gasteiger charge is 2.38. The fraction of sp³-hybridized carbons (Fsp3) is 0.857. The van der Waals surface area contributed by atoms with Gasteiger partial charge in [0, 0.05) is 13.1 Å². The summed E-state index contributed by atoms with van der Waals surface area (Å²) in [5, 5.41) is 9.29. The lowest BCUT2D eigenvalue weighted by molar-refractivity contribution is -0.139. The molecule has 0 fully saturated rings. The van der Waals surface area contributed by atoms with Crippen LogP contribution in [0.4, 0.5) is 0 Å². The van der Waals surface area contributed by atoms with Crippen molar-refractivity contribution in [3.63, 3.8) is 0 Å². The summed E-state index contributed by atoms with van der Waals surface area (Å²) in [4.78, 5) is 14.3. The van der Waals surface area contributed by atoms with Crippen molar-refractivity contribution in [1.82, 2.24) is 4.90 Å². The summed E-state index contributed by atoms with van der Waals surface area (Å²) in [5.41, 5.74) is -0.816. The van der Waals surface area contributed by atoms with E-state index in [0.29, 0.717) is 25.3 Å². The predicted molar refractivity (Wildman–Crippen MR) is 70.3 cm³/mol. The highest BCUT2D eigenvalue weighted by atomic mass is 16.2. The van der Waals surface area contributed by atoms with E-state index in [-0.39, 0.29) is 5.91 Å². The van der Waals surface area contributed by atoms with Crippen LogP contribution in [0.25, 0.3) is 0 Å². The van der Waals surface area contributed by atoms with Crippen molar-refractivity contribution in [1.29, 1.82) is 5.26 Å². The molecule has 0 aromatic heterocycles. The Labute approximate surface area is 106 Å². The van der Waals surface area contributed by atoms with Crippen LogP contribution in [0.2, 0.25) is 0 Å². The van der Waals surface area contributed by atoms with Gasteiger partial charge in [-0.1, -0.05) is 34.1 Å². The van der Waals surface area contributed by atoms with Gasteiger partial charge in [0.15, 0.2) is 0 Å². The van der Waals surface area contributed by atoms with E-state index in [1.54, 1.807) is 0 Å². The number of hydrogen-bond donors (Lipinski definition) is 0. The summed E-state index contributed by atoms with van der Waals surface area (Å²) in [6.07, 6.45) is 2.24. The Morgan fingerprint density at radius 2 is 1.82 bits per heavy atom. The number of amides is 1. The van der Waals surface area contributed by atoms with E-state index in [2.05, 4.69) is 19.9 Å². The summed E-state index contributed by atoms with van der Waals surface area (Å²) in [7, 11) is 0.